The van der Waals surface area contributed by atoms with Gasteiger partial charge in [-0.1, -0.05) is 12.1 Å². The van der Waals surface area contributed by atoms with Gasteiger partial charge in [-0.3, -0.25) is 0 Å². The average Bonchev–Trinajstić information content (AvgIpc) is 3.18. The van der Waals surface area contributed by atoms with Crippen LogP contribution in [0.2, 0.25) is 0 Å². The molecule has 1 saturated heterocycles. The second kappa shape index (κ2) is 8.43. The fraction of sp³-hybridized carbons (Fsp3) is 0.294. The molecule has 2 heterocycles. The van der Waals surface area contributed by atoms with Crippen molar-refractivity contribution in [2.75, 3.05) is 18.4 Å². The highest BCUT2D eigenvalue weighted by atomic mass is 79.9. The van der Waals surface area contributed by atoms with Crippen LogP contribution in [-0.2, 0) is 16.6 Å². The lowest BCUT2D eigenvalue weighted by molar-refractivity contribution is 0.477. The third-order valence-electron chi connectivity index (χ3n) is 4.05. The second-order valence-corrected chi connectivity index (χ2v) is 9.19. The number of sulfonamides is 1. The Bertz CT molecular complexity index is 865. The number of thiocarbonyl (C=S) groups is 1. The van der Waals surface area contributed by atoms with Gasteiger partial charge in [0.15, 0.2) is 5.11 Å². The van der Waals surface area contributed by atoms with Crippen molar-refractivity contribution >= 4 is 49.1 Å². The number of aromatic nitrogens is 1. The van der Waals surface area contributed by atoms with Crippen LogP contribution in [0.1, 0.15) is 18.4 Å². The first-order chi connectivity index (χ1) is 12.4. The van der Waals surface area contributed by atoms with Crippen molar-refractivity contribution in [3.8, 4) is 0 Å². The lowest BCUT2D eigenvalue weighted by atomic mass is 10.2. The Balaban J connectivity index is 1.55. The summed E-state index contributed by atoms with van der Waals surface area (Å²) in [7, 11) is -3.37. The van der Waals surface area contributed by atoms with Crippen molar-refractivity contribution in [3.05, 3.63) is 52.6 Å². The second-order valence-electron chi connectivity index (χ2n) is 5.92. The SMILES string of the molecule is O=S(=O)(c1ccc(CNC(=S)Nc2ccc(Br)cn2)cc1)N1CCCC1. The van der Waals surface area contributed by atoms with E-state index >= 15 is 0 Å². The predicted molar refractivity (Wildman–Crippen MR) is 109 cm³/mol. The van der Waals surface area contributed by atoms with Crippen molar-refractivity contribution in [1.29, 1.82) is 0 Å². The molecule has 138 valence electrons. The Morgan fingerprint density at radius 3 is 2.46 bits per heavy atom. The summed E-state index contributed by atoms with van der Waals surface area (Å²) in [4.78, 5) is 4.53. The third kappa shape index (κ3) is 4.79. The first kappa shape index (κ1) is 19.2. The van der Waals surface area contributed by atoms with Gasteiger partial charge in [-0.25, -0.2) is 13.4 Å². The maximum absolute atomic E-state index is 12.5. The summed E-state index contributed by atoms with van der Waals surface area (Å²) in [6.45, 7) is 1.71. The van der Waals surface area contributed by atoms with E-state index in [0.717, 1.165) is 22.9 Å². The molecule has 2 aromatic rings. The Labute approximate surface area is 167 Å². The van der Waals surface area contributed by atoms with Crippen molar-refractivity contribution in [2.24, 2.45) is 0 Å². The van der Waals surface area contributed by atoms with Crippen LogP contribution in [0.25, 0.3) is 0 Å². The summed E-state index contributed by atoms with van der Waals surface area (Å²) in [5.41, 5.74) is 0.943. The summed E-state index contributed by atoms with van der Waals surface area (Å²) in [6, 6.07) is 10.6. The Hall–Kier alpha value is -1.55. The summed E-state index contributed by atoms with van der Waals surface area (Å²) in [5, 5.41) is 6.53. The molecule has 6 nitrogen and oxygen atoms in total. The molecule has 0 atom stereocenters. The topological polar surface area (TPSA) is 74.3 Å². The molecule has 1 fully saturated rings. The van der Waals surface area contributed by atoms with Gasteiger partial charge in [0.05, 0.1) is 4.90 Å². The molecule has 0 unspecified atom stereocenters. The smallest absolute Gasteiger partial charge is 0.243 e. The van der Waals surface area contributed by atoms with Crippen LogP contribution >= 0.6 is 28.1 Å². The van der Waals surface area contributed by atoms with E-state index in [0.29, 0.717) is 35.5 Å². The van der Waals surface area contributed by atoms with E-state index in [1.807, 2.05) is 12.1 Å². The number of halogens is 1. The molecule has 3 rings (SSSR count). The summed E-state index contributed by atoms with van der Waals surface area (Å²) in [6.07, 6.45) is 3.54. The van der Waals surface area contributed by atoms with Gasteiger partial charge in [-0.15, -0.1) is 0 Å². The van der Waals surface area contributed by atoms with Crippen LogP contribution < -0.4 is 10.6 Å². The molecule has 0 radical (unpaired) electrons. The lowest BCUT2D eigenvalue weighted by Crippen LogP contribution is -2.29. The van der Waals surface area contributed by atoms with Crippen molar-refractivity contribution in [3.63, 3.8) is 0 Å². The summed E-state index contributed by atoms with van der Waals surface area (Å²) < 4.78 is 27.5. The van der Waals surface area contributed by atoms with E-state index < -0.39 is 10.0 Å². The van der Waals surface area contributed by atoms with Crippen LogP contribution in [0.4, 0.5) is 5.82 Å². The zero-order valence-electron chi connectivity index (χ0n) is 14.0. The van der Waals surface area contributed by atoms with Gasteiger partial charge in [-0.05, 0) is 70.8 Å². The van der Waals surface area contributed by atoms with E-state index in [1.54, 1.807) is 34.8 Å². The summed E-state index contributed by atoms with van der Waals surface area (Å²) in [5.74, 6) is 0.651. The molecule has 1 aliphatic rings. The molecule has 0 saturated carbocycles. The van der Waals surface area contributed by atoms with E-state index in [-0.39, 0.29) is 0 Å². The quantitative estimate of drug-likeness (QED) is 0.675. The molecule has 0 spiro atoms. The Morgan fingerprint density at radius 2 is 1.85 bits per heavy atom. The fourth-order valence-corrected chi connectivity index (χ4v) is 4.58. The van der Waals surface area contributed by atoms with Crippen LogP contribution in [0.5, 0.6) is 0 Å². The van der Waals surface area contributed by atoms with Crippen LogP contribution in [0.3, 0.4) is 0 Å². The van der Waals surface area contributed by atoms with Crippen LogP contribution in [-0.4, -0.2) is 35.9 Å². The Kier molecular flexibility index (Phi) is 6.23. The number of nitrogens with one attached hydrogen (secondary N) is 2. The van der Waals surface area contributed by atoms with Crippen molar-refractivity contribution < 1.29 is 8.42 Å². The zero-order chi connectivity index (χ0) is 18.6. The molecule has 26 heavy (non-hydrogen) atoms. The minimum atomic E-state index is -3.37. The van der Waals surface area contributed by atoms with Gasteiger partial charge >= 0.3 is 0 Å². The van der Waals surface area contributed by atoms with Crippen LogP contribution in [0, 0.1) is 0 Å². The van der Waals surface area contributed by atoms with Crippen molar-refractivity contribution in [1.82, 2.24) is 14.6 Å². The Morgan fingerprint density at radius 1 is 1.15 bits per heavy atom. The summed E-state index contributed by atoms with van der Waals surface area (Å²) >= 11 is 8.58. The van der Waals surface area contributed by atoms with Crippen molar-refractivity contribution in [2.45, 2.75) is 24.3 Å². The molecule has 1 aliphatic heterocycles. The van der Waals surface area contributed by atoms with E-state index in [9.17, 15) is 8.42 Å². The molecule has 0 aliphatic carbocycles. The normalized spacial score (nSPS) is 15.0. The fourth-order valence-electron chi connectivity index (χ4n) is 2.65. The molecule has 9 heteroatoms. The number of hydrogen-bond donors (Lipinski definition) is 2. The van der Waals surface area contributed by atoms with E-state index in [1.165, 1.54) is 0 Å². The lowest BCUT2D eigenvalue weighted by Gasteiger charge is -2.16. The monoisotopic (exact) mass is 454 g/mol. The number of anilines is 1. The van der Waals surface area contributed by atoms with Gasteiger partial charge in [0.1, 0.15) is 5.82 Å². The standard InChI is InChI=1S/C17H19BrN4O2S2/c18-14-5-8-16(19-12-14)21-17(25)20-11-13-3-6-15(7-4-13)26(23,24)22-9-1-2-10-22/h3-8,12H,1-2,9-11H2,(H2,19,20,21,25). The number of benzene rings is 1. The maximum atomic E-state index is 12.5. The average molecular weight is 455 g/mol. The molecule has 2 N–H and O–H groups in total. The predicted octanol–water partition coefficient (Wildman–Crippen LogP) is 3.12. The van der Waals surface area contributed by atoms with Gasteiger partial charge in [0.2, 0.25) is 10.0 Å². The molecular formula is C17H19BrN4O2S2. The number of nitrogens with zero attached hydrogens (tertiary/aromatic N) is 2. The molecule has 0 bridgehead atoms. The number of pyridine rings is 1. The first-order valence-corrected chi connectivity index (χ1v) is 10.8. The van der Waals surface area contributed by atoms with E-state index in [2.05, 4.69) is 31.5 Å². The number of rotatable bonds is 5. The maximum Gasteiger partial charge on any atom is 0.243 e. The zero-order valence-corrected chi connectivity index (χ0v) is 17.2. The third-order valence-corrected chi connectivity index (χ3v) is 6.68. The minimum absolute atomic E-state index is 0.336. The highest BCUT2D eigenvalue weighted by Crippen LogP contribution is 2.21. The minimum Gasteiger partial charge on any atom is -0.358 e. The highest BCUT2D eigenvalue weighted by molar-refractivity contribution is 9.10. The number of hydrogen-bond acceptors (Lipinski definition) is 4. The largest absolute Gasteiger partial charge is 0.358 e. The van der Waals surface area contributed by atoms with Gasteiger partial charge in [-0.2, -0.15) is 4.31 Å². The van der Waals surface area contributed by atoms with Gasteiger partial charge in [0.25, 0.3) is 0 Å². The molecular weight excluding hydrogens is 436 g/mol. The molecule has 0 amide bonds. The molecule has 1 aromatic carbocycles. The van der Waals surface area contributed by atoms with Gasteiger partial charge in [0, 0.05) is 30.3 Å². The van der Waals surface area contributed by atoms with Crippen LogP contribution in [0.15, 0.2) is 52.0 Å². The molecule has 1 aromatic heterocycles. The first-order valence-electron chi connectivity index (χ1n) is 8.21. The highest BCUT2D eigenvalue weighted by Gasteiger charge is 2.26. The van der Waals surface area contributed by atoms with Gasteiger partial charge < -0.3 is 10.6 Å². The van der Waals surface area contributed by atoms with E-state index in [4.69, 9.17) is 12.2 Å².